The van der Waals surface area contributed by atoms with E-state index in [-0.39, 0.29) is 11.4 Å². The molecular weight excluding hydrogens is 180 g/mol. The van der Waals surface area contributed by atoms with Crippen LogP contribution in [0.5, 0.6) is 0 Å². The molecule has 2 rings (SSSR count). The number of hydrogen-bond acceptors (Lipinski definition) is 2. The van der Waals surface area contributed by atoms with Crippen LogP contribution in [0.3, 0.4) is 0 Å². The minimum absolute atomic E-state index is 0.0419. The minimum atomic E-state index is -1.07. The molecule has 0 aliphatic heterocycles. The van der Waals surface area contributed by atoms with Gasteiger partial charge in [0.05, 0.1) is 0 Å². The van der Waals surface area contributed by atoms with Crippen LogP contribution in [-0.2, 0) is 4.79 Å². The molecule has 3 nitrogen and oxygen atoms in total. The zero-order valence-electron chi connectivity index (χ0n) is 7.15. The lowest BCUT2D eigenvalue weighted by molar-refractivity contribution is -0.130. The summed E-state index contributed by atoms with van der Waals surface area (Å²) in [6.07, 6.45) is 1.16. The Morgan fingerprint density at radius 2 is 1.86 bits per heavy atom. The van der Waals surface area contributed by atoms with Crippen LogP contribution in [0.25, 0.3) is 5.57 Å². The highest BCUT2D eigenvalue weighted by Gasteiger charge is 2.19. The molecule has 3 heteroatoms. The van der Waals surface area contributed by atoms with Gasteiger partial charge in [-0.05, 0) is 0 Å². The van der Waals surface area contributed by atoms with Crippen LogP contribution in [0, 0.1) is 0 Å². The molecule has 0 aromatic heterocycles. The van der Waals surface area contributed by atoms with Crippen molar-refractivity contribution in [2.24, 2.45) is 0 Å². The van der Waals surface area contributed by atoms with E-state index < -0.39 is 5.97 Å². The van der Waals surface area contributed by atoms with Gasteiger partial charge in [-0.25, -0.2) is 4.79 Å². The van der Waals surface area contributed by atoms with Crippen LogP contribution in [0.2, 0.25) is 0 Å². The number of carbonyl (C=O) groups is 2. The second-order valence-electron chi connectivity index (χ2n) is 2.88. The summed E-state index contributed by atoms with van der Waals surface area (Å²) in [6.45, 7) is 0. The van der Waals surface area contributed by atoms with Crippen molar-refractivity contribution in [2.75, 3.05) is 0 Å². The van der Waals surface area contributed by atoms with Gasteiger partial charge in [-0.1, -0.05) is 24.3 Å². The van der Waals surface area contributed by atoms with Gasteiger partial charge in [0.15, 0.2) is 5.78 Å². The third kappa shape index (κ3) is 1.16. The maximum atomic E-state index is 11.3. The number of fused-ring (bicyclic) bond motifs is 1. The molecule has 14 heavy (non-hydrogen) atoms. The van der Waals surface area contributed by atoms with Crippen molar-refractivity contribution < 1.29 is 14.7 Å². The molecule has 1 aromatic rings. The number of benzene rings is 1. The quantitative estimate of drug-likeness (QED) is 0.676. The molecular formula is C11H6O3. The van der Waals surface area contributed by atoms with Crippen LogP contribution < -0.4 is 0 Å². The van der Waals surface area contributed by atoms with Crippen LogP contribution in [-0.4, -0.2) is 16.9 Å². The summed E-state index contributed by atoms with van der Waals surface area (Å²) in [7, 11) is 0. The fourth-order valence-electron chi connectivity index (χ4n) is 1.39. The van der Waals surface area contributed by atoms with Crippen molar-refractivity contribution in [2.45, 2.75) is 0 Å². The Morgan fingerprint density at radius 3 is 2.50 bits per heavy atom. The molecule has 68 valence electrons. The molecule has 0 atom stereocenters. The lowest BCUT2D eigenvalue weighted by Crippen LogP contribution is -2.08. The van der Waals surface area contributed by atoms with E-state index in [1.807, 2.05) is 0 Å². The second kappa shape index (κ2) is 2.98. The van der Waals surface area contributed by atoms with Crippen LogP contribution in [0.4, 0.5) is 0 Å². The van der Waals surface area contributed by atoms with Gasteiger partial charge in [-0.3, -0.25) is 4.79 Å². The van der Waals surface area contributed by atoms with E-state index in [2.05, 4.69) is 5.73 Å². The summed E-state index contributed by atoms with van der Waals surface area (Å²) in [5.74, 6) is -1.27. The summed E-state index contributed by atoms with van der Waals surface area (Å²) in [5, 5.41) is 8.84. The monoisotopic (exact) mass is 186 g/mol. The molecule has 1 N–H and O–H groups in total. The van der Waals surface area contributed by atoms with Gasteiger partial charge in [-0.15, -0.1) is 5.73 Å². The molecule has 0 saturated heterocycles. The lowest BCUT2D eigenvalue weighted by Gasteiger charge is -2.08. The first-order valence-corrected chi connectivity index (χ1v) is 4.04. The van der Waals surface area contributed by atoms with Gasteiger partial charge >= 0.3 is 5.97 Å². The Balaban J connectivity index is 2.73. The highest BCUT2D eigenvalue weighted by atomic mass is 16.4. The Labute approximate surface area is 80.0 Å². The van der Waals surface area contributed by atoms with Crippen LogP contribution in [0.1, 0.15) is 15.9 Å². The largest absolute Gasteiger partial charge is 0.477 e. The highest BCUT2D eigenvalue weighted by Crippen LogP contribution is 2.22. The predicted molar refractivity (Wildman–Crippen MR) is 49.9 cm³/mol. The van der Waals surface area contributed by atoms with E-state index in [1.54, 1.807) is 24.3 Å². The van der Waals surface area contributed by atoms with Gasteiger partial charge in [0.25, 0.3) is 0 Å². The number of carbonyl (C=O) groups excluding carboxylic acids is 1. The normalized spacial score (nSPS) is 13.4. The average molecular weight is 186 g/mol. The van der Waals surface area contributed by atoms with Gasteiger partial charge in [0.2, 0.25) is 0 Å². The first-order chi connectivity index (χ1) is 6.70. The highest BCUT2D eigenvalue weighted by molar-refractivity contribution is 6.22. The standard InChI is InChI=1S/C11H6O3/c12-10-6-5-9(11(13)14)7-3-1-2-4-8(7)10/h1-4,6H,(H,13,14). The molecule has 1 aliphatic rings. The second-order valence-corrected chi connectivity index (χ2v) is 2.88. The van der Waals surface area contributed by atoms with Gasteiger partial charge in [0, 0.05) is 17.2 Å². The third-order valence-electron chi connectivity index (χ3n) is 2.02. The molecule has 0 radical (unpaired) electrons. The number of aliphatic carboxylic acids is 1. The van der Waals surface area contributed by atoms with Crippen molar-refractivity contribution in [1.82, 2.24) is 0 Å². The number of rotatable bonds is 1. The lowest BCUT2D eigenvalue weighted by atomic mass is 9.94. The summed E-state index contributed by atoms with van der Waals surface area (Å²) in [5.41, 5.74) is 3.37. The number of hydrogen-bond donors (Lipinski definition) is 1. The molecule has 0 heterocycles. The summed E-state index contributed by atoms with van der Waals surface area (Å²) >= 11 is 0. The molecule has 0 fully saturated rings. The summed E-state index contributed by atoms with van der Waals surface area (Å²) in [4.78, 5) is 22.1. The van der Waals surface area contributed by atoms with Crippen molar-refractivity contribution in [3.63, 3.8) is 0 Å². The molecule has 1 aliphatic carbocycles. The zero-order valence-corrected chi connectivity index (χ0v) is 7.15. The molecule has 0 spiro atoms. The smallest absolute Gasteiger partial charge is 0.344 e. The number of carboxylic acid groups (broad SMARTS) is 1. The van der Waals surface area contributed by atoms with E-state index in [1.165, 1.54) is 0 Å². The molecule has 1 aromatic carbocycles. The van der Waals surface area contributed by atoms with Crippen LogP contribution in [0.15, 0.2) is 36.1 Å². The Morgan fingerprint density at radius 1 is 1.21 bits per heavy atom. The van der Waals surface area contributed by atoms with E-state index in [0.29, 0.717) is 11.1 Å². The van der Waals surface area contributed by atoms with Crippen molar-refractivity contribution in [3.05, 3.63) is 47.2 Å². The topological polar surface area (TPSA) is 54.4 Å². The van der Waals surface area contributed by atoms with Crippen molar-refractivity contribution in [1.29, 1.82) is 0 Å². The molecule has 0 saturated carbocycles. The Hall–Kier alpha value is -2.12. The molecule has 0 amide bonds. The Kier molecular flexibility index (Phi) is 1.80. The van der Waals surface area contributed by atoms with Crippen LogP contribution >= 0.6 is 0 Å². The summed E-state index contributed by atoms with van der Waals surface area (Å²) in [6, 6.07) is 6.62. The van der Waals surface area contributed by atoms with Gasteiger partial charge in [0.1, 0.15) is 5.57 Å². The van der Waals surface area contributed by atoms with Crippen molar-refractivity contribution >= 4 is 17.3 Å². The fraction of sp³-hybridized carbons (Fsp3) is 0. The molecule has 0 bridgehead atoms. The number of ketones is 1. The van der Waals surface area contributed by atoms with E-state index >= 15 is 0 Å². The van der Waals surface area contributed by atoms with E-state index in [9.17, 15) is 9.59 Å². The minimum Gasteiger partial charge on any atom is -0.477 e. The maximum Gasteiger partial charge on any atom is 0.344 e. The Bertz CT molecular complexity index is 491. The van der Waals surface area contributed by atoms with Gasteiger partial charge < -0.3 is 5.11 Å². The van der Waals surface area contributed by atoms with E-state index in [4.69, 9.17) is 5.11 Å². The summed E-state index contributed by atoms with van der Waals surface area (Å²) < 4.78 is 0. The SMILES string of the molecule is O=C(O)C1=C=CC(=O)c2ccccc21. The number of carboxylic acids is 1. The molecule has 0 unspecified atom stereocenters. The maximum absolute atomic E-state index is 11.3. The van der Waals surface area contributed by atoms with E-state index in [0.717, 1.165) is 6.08 Å². The first-order valence-electron chi connectivity index (χ1n) is 4.04. The first kappa shape index (κ1) is 8.48. The zero-order chi connectivity index (χ0) is 10.1. The third-order valence-corrected chi connectivity index (χ3v) is 2.02. The average Bonchev–Trinajstić information content (AvgIpc) is 2.18. The van der Waals surface area contributed by atoms with Gasteiger partial charge in [-0.2, -0.15) is 0 Å². The van der Waals surface area contributed by atoms with Crippen molar-refractivity contribution in [3.8, 4) is 0 Å². The fourth-order valence-corrected chi connectivity index (χ4v) is 1.39. The predicted octanol–water partition coefficient (Wildman–Crippen LogP) is 1.51.